The van der Waals surface area contributed by atoms with Crippen LogP contribution in [-0.4, -0.2) is 90.6 Å². The number of nitrogens with zero attached hydrogens (tertiary/aromatic N) is 2. The molecule has 3 rings (SSSR count). The van der Waals surface area contributed by atoms with Gasteiger partial charge in [-0.3, -0.25) is 4.79 Å². The van der Waals surface area contributed by atoms with Gasteiger partial charge < -0.3 is 29.1 Å². The third-order valence-corrected chi connectivity index (χ3v) is 4.86. The van der Waals surface area contributed by atoms with E-state index < -0.39 is 5.97 Å². The van der Waals surface area contributed by atoms with Gasteiger partial charge >= 0.3 is 5.97 Å². The molecule has 2 aliphatic rings. The van der Waals surface area contributed by atoms with Crippen molar-refractivity contribution in [2.45, 2.75) is 18.6 Å². The molecule has 1 amide bonds. The summed E-state index contributed by atoms with van der Waals surface area (Å²) in [5.41, 5.74) is -0.257. The van der Waals surface area contributed by atoms with Crippen molar-refractivity contribution in [3.05, 3.63) is 23.8 Å². The second-order valence-electron chi connectivity index (χ2n) is 7.53. The van der Waals surface area contributed by atoms with E-state index in [0.717, 1.165) is 17.6 Å². The van der Waals surface area contributed by atoms with Crippen LogP contribution < -0.4 is 4.74 Å². The molecular weight excluding hydrogens is 340 g/mol. The standard InChI is InChI=1S/C18H24N2O6/c1-20(2)6-7-25-12(11-20)8-16(22)19-9-13(10-19)26-15-5-3-4-14(21)17(15)18(23)24/h3-5,12-13H,6-11H2,1-2H3,(H-,21,23,24)/p+1/t12-/m1/s1. The van der Waals surface area contributed by atoms with E-state index in [-0.39, 0.29) is 35.2 Å². The van der Waals surface area contributed by atoms with E-state index in [0.29, 0.717) is 26.1 Å². The van der Waals surface area contributed by atoms with Crippen molar-refractivity contribution in [2.75, 3.05) is 46.9 Å². The van der Waals surface area contributed by atoms with Gasteiger partial charge in [0.25, 0.3) is 0 Å². The lowest BCUT2D eigenvalue weighted by Gasteiger charge is -2.41. The molecule has 0 unspecified atom stereocenters. The highest BCUT2D eigenvalue weighted by atomic mass is 16.5. The molecule has 1 aromatic carbocycles. The van der Waals surface area contributed by atoms with Gasteiger partial charge in [0.05, 0.1) is 40.2 Å². The number of carboxylic acid groups (broad SMARTS) is 1. The number of carbonyl (C=O) groups is 2. The number of aromatic hydroxyl groups is 1. The van der Waals surface area contributed by atoms with Gasteiger partial charge in [0.1, 0.15) is 42.4 Å². The molecule has 26 heavy (non-hydrogen) atoms. The number of amides is 1. The molecule has 0 radical (unpaired) electrons. The van der Waals surface area contributed by atoms with Crippen molar-refractivity contribution >= 4 is 11.9 Å². The first kappa shape index (κ1) is 18.5. The number of likely N-dealkylation sites (N-methyl/N-ethyl adjacent to an activating group) is 1. The van der Waals surface area contributed by atoms with Crippen LogP contribution in [0.1, 0.15) is 16.8 Å². The summed E-state index contributed by atoms with van der Waals surface area (Å²) >= 11 is 0. The summed E-state index contributed by atoms with van der Waals surface area (Å²) < 4.78 is 12.2. The quantitative estimate of drug-likeness (QED) is 0.740. The van der Waals surface area contributed by atoms with E-state index >= 15 is 0 Å². The van der Waals surface area contributed by atoms with Crippen molar-refractivity contribution in [3.63, 3.8) is 0 Å². The fourth-order valence-electron chi connectivity index (χ4n) is 3.34. The maximum absolute atomic E-state index is 12.4. The molecule has 1 aromatic rings. The van der Waals surface area contributed by atoms with Gasteiger partial charge in [-0.05, 0) is 12.1 Å². The average molecular weight is 365 g/mol. The molecule has 142 valence electrons. The minimum absolute atomic E-state index is 0.0196. The molecule has 2 N–H and O–H groups in total. The lowest BCUT2D eigenvalue weighted by Crippen LogP contribution is -2.58. The minimum atomic E-state index is -1.25. The summed E-state index contributed by atoms with van der Waals surface area (Å²) in [6.07, 6.45) is -0.00443. The van der Waals surface area contributed by atoms with E-state index in [1.165, 1.54) is 18.2 Å². The molecule has 0 saturated carbocycles. The Kier molecular flexibility index (Phi) is 5.06. The lowest BCUT2D eigenvalue weighted by atomic mass is 10.1. The average Bonchev–Trinajstić information content (AvgIpc) is 2.48. The summed E-state index contributed by atoms with van der Waals surface area (Å²) in [4.78, 5) is 25.3. The second kappa shape index (κ2) is 7.13. The van der Waals surface area contributed by atoms with E-state index in [1.807, 2.05) is 0 Å². The summed E-state index contributed by atoms with van der Waals surface area (Å²) in [5.74, 6) is -1.45. The lowest BCUT2D eigenvalue weighted by molar-refractivity contribution is -0.901. The van der Waals surface area contributed by atoms with Crippen LogP contribution in [0.25, 0.3) is 0 Å². The van der Waals surface area contributed by atoms with Crippen molar-refractivity contribution in [1.82, 2.24) is 4.90 Å². The Labute approximate surface area is 152 Å². The second-order valence-corrected chi connectivity index (χ2v) is 7.53. The molecule has 0 spiro atoms. The Bertz CT molecular complexity index is 699. The zero-order valence-electron chi connectivity index (χ0n) is 15.1. The minimum Gasteiger partial charge on any atom is -0.507 e. The highest BCUT2D eigenvalue weighted by Gasteiger charge is 2.36. The number of aromatic carboxylic acids is 1. The molecule has 0 bridgehead atoms. The van der Waals surface area contributed by atoms with Gasteiger partial charge in [-0.15, -0.1) is 0 Å². The molecule has 1 atom stereocenters. The Morgan fingerprint density at radius 3 is 2.73 bits per heavy atom. The van der Waals surface area contributed by atoms with Crippen LogP contribution >= 0.6 is 0 Å². The van der Waals surface area contributed by atoms with Crippen molar-refractivity contribution in [1.29, 1.82) is 0 Å². The van der Waals surface area contributed by atoms with E-state index in [1.54, 1.807) is 4.90 Å². The highest BCUT2D eigenvalue weighted by molar-refractivity contribution is 5.94. The number of carbonyl (C=O) groups excluding carboxylic acids is 1. The summed E-state index contributed by atoms with van der Waals surface area (Å²) in [7, 11) is 4.26. The Hall–Kier alpha value is -2.32. The maximum atomic E-state index is 12.4. The van der Waals surface area contributed by atoms with Crippen LogP contribution in [0.2, 0.25) is 0 Å². The monoisotopic (exact) mass is 365 g/mol. The topological polar surface area (TPSA) is 96.3 Å². The summed E-state index contributed by atoms with van der Waals surface area (Å²) in [5, 5.41) is 18.9. The molecule has 2 heterocycles. The van der Waals surface area contributed by atoms with Crippen molar-refractivity contribution < 1.29 is 33.8 Å². The molecule has 2 fully saturated rings. The third-order valence-electron chi connectivity index (χ3n) is 4.86. The number of hydrogen-bond acceptors (Lipinski definition) is 5. The van der Waals surface area contributed by atoms with Gasteiger partial charge in [0.15, 0.2) is 0 Å². The van der Waals surface area contributed by atoms with E-state index in [9.17, 15) is 19.8 Å². The van der Waals surface area contributed by atoms with E-state index in [4.69, 9.17) is 9.47 Å². The number of likely N-dealkylation sites (tertiary alicyclic amines) is 1. The molecule has 0 aromatic heterocycles. The first-order chi connectivity index (χ1) is 12.2. The molecule has 8 heteroatoms. The van der Waals surface area contributed by atoms with E-state index in [2.05, 4.69) is 14.1 Å². The maximum Gasteiger partial charge on any atom is 0.343 e. The van der Waals surface area contributed by atoms with Crippen molar-refractivity contribution in [2.24, 2.45) is 0 Å². The van der Waals surface area contributed by atoms with Crippen molar-refractivity contribution in [3.8, 4) is 11.5 Å². The molecule has 2 saturated heterocycles. The molecular formula is C18H25N2O6+. The number of ether oxygens (including phenoxy) is 2. The largest absolute Gasteiger partial charge is 0.507 e. The third kappa shape index (κ3) is 4.08. The molecule has 8 nitrogen and oxygen atoms in total. The van der Waals surface area contributed by atoms with Crippen LogP contribution in [0.4, 0.5) is 0 Å². The zero-order valence-corrected chi connectivity index (χ0v) is 15.1. The Morgan fingerprint density at radius 2 is 2.08 bits per heavy atom. The van der Waals surface area contributed by atoms with Gasteiger partial charge in [-0.2, -0.15) is 0 Å². The predicted octanol–water partition coefficient (Wildman–Crippen LogP) is 0.545. The van der Waals surface area contributed by atoms with Gasteiger partial charge in [0, 0.05) is 0 Å². The first-order valence-corrected chi connectivity index (χ1v) is 8.68. The fraction of sp³-hybridized carbons (Fsp3) is 0.556. The summed E-state index contributed by atoms with van der Waals surface area (Å²) in [6.45, 7) is 3.22. The Morgan fingerprint density at radius 1 is 1.35 bits per heavy atom. The number of quaternary nitrogens is 1. The van der Waals surface area contributed by atoms with Crippen LogP contribution in [0.3, 0.4) is 0 Å². The van der Waals surface area contributed by atoms with Gasteiger partial charge in [0.2, 0.25) is 5.91 Å². The van der Waals surface area contributed by atoms with Gasteiger partial charge in [-0.1, -0.05) is 6.07 Å². The Balaban J connectivity index is 1.51. The van der Waals surface area contributed by atoms with Gasteiger partial charge in [-0.25, -0.2) is 4.79 Å². The normalized spacial score (nSPS) is 22.5. The van der Waals surface area contributed by atoms with Crippen LogP contribution in [0.5, 0.6) is 11.5 Å². The first-order valence-electron chi connectivity index (χ1n) is 8.68. The number of rotatable bonds is 5. The predicted molar refractivity (Wildman–Crippen MR) is 92.3 cm³/mol. The number of morpholine rings is 1. The van der Waals surface area contributed by atoms with Crippen LogP contribution in [0, 0.1) is 0 Å². The smallest absolute Gasteiger partial charge is 0.343 e. The SMILES string of the molecule is C[N+]1(C)CCO[C@H](CC(=O)N2CC(Oc3cccc(O)c3C(=O)O)C2)C1. The van der Waals surface area contributed by atoms with Crippen LogP contribution in [-0.2, 0) is 9.53 Å². The number of carboxylic acids is 1. The number of phenols is 1. The number of hydrogen-bond donors (Lipinski definition) is 2. The number of benzene rings is 1. The molecule has 2 aliphatic heterocycles. The van der Waals surface area contributed by atoms with Crippen LogP contribution in [0.15, 0.2) is 18.2 Å². The molecule has 0 aliphatic carbocycles. The fourth-order valence-corrected chi connectivity index (χ4v) is 3.34. The summed E-state index contributed by atoms with van der Waals surface area (Å²) in [6, 6.07) is 4.33. The highest BCUT2D eigenvalue weighted by Crippen LogP contribution is 2.29. The zero-order chi connectivity index (χ0) is 18.9.